The number of H-pyrrole nitrogens is 1. The Labute approximate surface area is 230 Å². The highest BCUT2D eigenvalue weighted by atomic mass is 35.5. The summed E-state index contributed by atoms with van der Waals surface area (Å²) in [5.41, 5.74) is 2.75. The Bertz CT molecular complexity index is 1790. The molecule has 1 saturated heterocycles. The Balaban J connectivity index is 1.47. The van der Waals surface area contributed by atoms with E-state index < -0.39 is 42.1 Å². The summed E-state index contributed by atoms with van der Waals surface area (Å²) in [6.07, 6.45) is 4.98. The van der Waals surface area contributed by atoms with Gasteiger partial charge in [0.2, 0.25) is 26.0 Å². The molecule has 10 nitrogen and oxygen atoms in total. The fourth-order valence-electron chi connectivity index (χ4n) is 4.67. The highest BCUT2D eigenvalue weighted by Crippen LogP contribution is 2.33. The second-order valence-corrected chi connectivity index (χ2v) is 14.3. The maximum atomic E-state index is 13.4. The van der Waals surface area contributed by atoms with Crippen molar-refractivity contribution in [1.82, 2.24) is 19.4 Å². The minimum atomic E-state index is -3.98. The van der Waals surface area contributed by atoms with Gasteiger partial charge in [0.15, 0.2) is 0 Å². The van der Waals surface area contributed by atoms with Gasteiger partial charge in [-0.2, -0.15) is 5.26 Å². The largest absolute Gasteiger partial charge is 0.341 e. The van der Waals surface area contributed by atoms with E-state index in [2.05, 4.69) is 20.8 Å². The number of nitriles is 1. The molecule has 13 heteroatoms. The van der Waals surface area contributed by atoms with Crippen LogP contribution < -0.4 is 9.44 Å². The number of nitrogens with one attached hydrogen (secondary N) is 3. The van der Waals surface area contributed by atoms with E-state index in [1.165, 1.54) is 6.08 Å². The maximum Gasteiger partial charge on any atom is 0.242 e. The number of hydrogen-bond acceptors (Lipinski definition) is 7. The van der Waals surface area contributed by atoms with Gasteiger partial charge in [0.05, 0.1) is 44.9 Å². The number of sulfonamides is 2. The van der Waals surface area contributed by atoms with Crippen LogP contribution in [-0.2, 0) is 31.3 Å². The first-order valence-electron chi connectivity index (χ1n) is 12.0. The molecule has 2 unspecified atom stereocenters. The molecule has 3 atom stereocenters. The van der Waals surface area contributed by atoms with Crippen LogP contribution in [0.1, 0.15) is 53.6 Å². The molecule has 39 heavy (non-hydrogen) atoms. The van der Waals surface area contributed by atoms with Crippen LogP contribution in [0.15, 0.2) is 65.6 Å². The van der Waals surface area contributed by atoms with E-state index in [0.717, 1.165) is 0 Å². The summed E-state index contributed by atoms with van der Waals surface area (Å²) in [5, 5.41) is 8.26. The van der Waals surface area contributed by atoms with Crippen molar-refractivity contribution >= 4 is 48.6 Å². The third-order valence-electron chi connectivity index (χ3n) is 6.64. The molecule has 1 aliphatic heterocycles. The fourth-order valence-corrected chi connectivity index (χ4v) is 7.86. The molecule has 3 aromatic rings. The zero-order chi connectivity index (χ0) is 28.0. The van der Waals surface area contributed by atoms with E-state index in [1.54, 1.807) is 61.5 Å². The zero-order valence-electron chi connectivity index (χ0n) is 20.7. The predicted octanol–water partition coefficient (Wildman–Crippen LogP) is 3.37. The number of carbonyl (C=O) groups excluding carboxylic acids is 1. The number of aromatic amines is 1. The monoisotopic (exact) mass is 585 g/mol. The quantitative estimate of drug-likeness (QED) is 0.358. The summed E-state index contributed by atoms with van der Waals surface area (Å²) in [7, 11) is -7.76. The number of amides is 1. The van der Waals surface area contributed by atoms with Crippen LogP contribution in [0.25, 0.3) is 11.0 Å². The average Bonchev–Trinajstić information content (AvgIpc) is 3.41. The molecule has 3 N–H and O–H groups in total. The summed E-state index contributed by atoms with van der Waals surface area (Å²) >= 11 is 6.40. The predicted molar refractivity (Wildman–Crippen MR) is 146 cm³/mol. The van der Waals surface area contributed by atoms with Crippen LogP contribution in [0.3, 0.4) is 0 Å². The molecule has 1 aliphatic carbocycles. The van der Waals surface area contributed by atoms with Crippen molar-refractivity contribution in [2.75, 3.05) is 0 Å². The highest BCUT2D eigenvalue weighted by molar-refractivity contribution is 7.93. The Kier molecular flexibility index (Phi) is 6.88. The van der Waals surface area contributed by atoms with Gasteiger partial charge >= 0.3 is 0 Å². The lowest BCUT2D eigenvalue weighted by atomic mass is 10.0. The maximum absolute atomic E-state index is 13.4. The summed E-state index contributed by atoms with van der Waals surface area (Å²) < 4.78 is 56.1. The number of hydrogen-bond donors (Lipinski definition) is 3. The summed E-state index contributed by atoms with van der Waals surface area (Å²) in [6.45, 7) is 1.73. The normalized spacial score (nSPS) is 23.3. The minimum absolute atomic E-state index is 0.107. The first-order chi connectivity index (χ1) is 18.3. The second-order valence-electron chi connectivity index (χ2n) is 9.80. The number of fused-ring (bicyclic) bond motifs is 1. The van der Waals surface area contributed by atoms with Crippen molar-refractivity contribution < 1.29 is 21.6 Å². The minimum Gasteiger partial charge on any atom is -0.341 e. The Morgan fingerprint density at radius 2 is 2.00 bits per heavy atom. The molecular weight excluding hydrogens is 562 g/mol. The van der Waals surface area contributed by atoms with Gasteiger partial charge in [-0.15, -0.1) is 11.6 Å². The molecule has 0 radical (unpaired) electrons. The van der Waals surface area contributed by atoms with Crippen molar-refractivity contribution in [3.8, 4) is 6.07 Å². The number of nitrogens with zero attached hydrogens (tertiary/aromatic N) is 2. The SMILES string of the molecule is CC1(Cl)C=CC=C(S(=O)(=O)N[C@@H](Cc2ccc(C3CC(=O)NS3(=O)=O)cc2)c2nc3ccc(C#N)cc3[nH]2)C1. The van der Waals surface area contributed by atoms with E-state index in [0.29, 0.717) is 33.5 Å². The molecular formula is C26H24ClN5O5S2. The van der Waals surface area contributed by atoms with Crippen molar-refractivity contribution in [2.24, 2.45) is 0 Å². The third-order valence-corrected chi connectivity index (χ3v) is 10.2. The summed E-state index contributed by atoms with van der Waals surface area (Å²) in [5.74, 6) is -0.204. The molecule has 5 rings (SSSR count). The second kappa shape index (κ2) is 9.91. The van der Waals surface area contributed by atoms with Gasteiger partial charge < -0.3 is 4.98 Å². The topological polar surface area (TPSA) is 162 Å². The number of halogens is 1. The van der Waals surface area contributed by atoms with E-state index in [4.69, 9.17) is 11.6 Å². The highest BCUT2D eigenvalue weighted by Gasteiger charge is 2.38. The summed E-state index contributed by atoms with van der Waals surface area (Å²) in [6, 6.07) is 12.8. The van der Waals surface area contributed by atoms with E-state index in [9.17, 15) is 26.9 Å². The summed E-state index contributed by atoms with van der Waals surface area (Å²) in [4.78, 5) is 18.6. The van der Waals surface area contributed by atoms with Crippen LogP contribution in [0.2, 0.25) is 0 Å². The van der Waals surface area contributed by atoms with Crippen LogP contribution in [-0.4, -0.2) is 37.6 Å². The van der Waals surface area contributed by atoms with Crippen LogP contribution >= 0.6 is 11.6 Å². The lowest BCUT2D eigenvalue weighted by molar-refractivity contribution is -0.118. The molecule has 202 valence electrons. The molecule has 1 aromatic heterocycles. The van der Waals surface area contributed by atoms with Gasteiger partial charge in [0.25, 0.3) is 0 Å². The van der Waals surface area contributed by atoms with Crippen molar-refractivity contribution in [1.29, 1.82) is 5.26 Å². The van der Waals surface area contributed by atoms with Crippen LogP contribution in [0, 0.1) is 11.3 Å². The van der Waals surface area contributed by atoms with Gasteiger partial charge in [-0.25, -0.2) is 26.5 Å². The van der Waals surface area contributed by atoms with Crippen LogP contribution in [0.5, 0.6) is 0 Å². The van der Waals surface area contributed by atoms with Crippen LogP contribution in [0.4, 0.5) is 0 Å². The fraction of sp³-hybridized carbons (Fsp3) is 0.269. The molecule has 2 aliphatic rings. The van der Waals surface area contributed by atoms with Gasteiger partial charge in [0.1, 0.15) is 11.1 Å². The molecule has 2 heterocycles. The molecule has 2 aromatic carbocycles. The zero-order valence-corrected chi connectivity index (χ0v) is 23.1. The van der Waals surface area contributed by atoms with E-state index in [-0.39, 0.29) is 24.2 Å². The lowest BCUT2D eigenvalue weighted by Crippen LogP contribution is -2.34. The molecule has 0 spiro atoms. The molecule has 0 saturated carbocycles. The number of allylic oxidation sites excluding steroid dienone is 4. The number of aromatic nitrogens is 2. The molecule has 0 bridgehead atoms. The first-order valence-corrected chi connectivity index (χ1v) is 15.4. The van der Waals surface area contributed by atoms with Crippen molar-refractivity contribution in [3.63, 3.8) is 0 Å². The number of alkyl halides is 1. The number of benzene rings is 2. The van der Waals surface area contributed by atoms with Gasteiger partial charge in [-0.1, -0.05) is 36.4 Å². The Hall–Kier alpha value is -3.50. The first kappa shape index (κ1) is 27.1. The Morgan fingerprint density at radius 3 is 2.64 bits per heavy atom. The van der Waals surface area contributed by atoms with Gasteiger partial charge in [-0.05, 0) is 48.7 Å². The smallest absolute Gasteiger partial charge is 0.242 e. The molecule has 1 amide bonds. The third kappa shape index (κ3) is 5.77. The van der Waals surface area contributed by atoms with Gasteiger partial charge in [-0.3, -0.25) is 9.52 Å². The van der Waals surface area contributed by atoms with Gasteiger partial charge in [0, 0.05) is 6.42 Å². The molecule has 1 fully saturated rings. The van der Waals surface area contributed by atoms with Crippen molar-refractivity contribution in [3.05, 3.63) is 88.1 Å². The average molecular weight is 586 g/mol. The van der Waals surface area contributed by atoms with E-state index in [1.807, 2.05) is 4.72 Å². The van der Waals surface area contributed by atoms with Crippen molar-refractivity contribution in [2.45, 2.75) is 42.4 Å². The number of imidazole rings is 1. The van der Waals surface area contributed by atoms with E-state index >= 15 is 0 Å². The number of rotatable bonds is 7. The number of carbonyl (C=O) groups is 1. The lowest BCUT2D eigenvalue weighted by Gasteiger charge is -2.24. The standard InChI is InChI=1S/C26H24ClN5O5S2/c1-26(27)10-2-3-19(14-26)38(34,35)31-22(25-29-20-9-6-17(15-28)12-21(20)30-25)11-16-4-7-18(8-5-16)23-13-24(33)32-39(23,36)37/h2-10,12,22-23,31H,11,13-14H2,1H3,(H,29,30)(H,32,33)/t22-,23?,26?/m0/s1. The Morgan fingerprint density at radius 1 is 1.26 bits per heavy atom.